The molecule has 0 fully saturated rings. The number of unbranched alkanes of at least 4 members (excludes halogenated alkanes) is 4. The third-order valence-electron chi connectivity index (χ3n) is 6.62. The zero-order valence-corrected chi connectivity index (χ0v) is 26.3. The van der Waals surface area contributed by atoms with Crippen molar-refractivity contribution in [2.45, 2.75) is 104 Å². The summed E-state index contributed by atoms with van der Waals surface area (Å²) < 4.78 is 10.6. The topological polar surface area (TPSA) is 111 Å². The Morgan fingerprint density at radius 2 is 0.977 bits per heavy atom. The van der Waals surface area contributed by atoms with Crippen LogP contribution in [-0.4, -0.2) is 35.8 Å². The quantitative estimate of drug-likeness (QED) is 0.155. The van der Waals surface area contributed by atoms with E-state index < -0.39 is 24.0 Å². The fourth-order valence-corrected chi connectivity index (χ4v) is 3.88. The minimum absolute atomic E-state index is 0.173. The summed E-state index contributed by atoms with van der Waals surface area (Å²) in [5, 5.41) is 5.35. The van der Waals surface area contributed by atoms with Crippen molar-refractivity contribution in [3.63, 3.8) is 0 Å². The summed E-state index contributed by atoms with van der Waals surface area (Å²) in [6.07, 6.45) is 4.69. The van der Waals surface area contributed by atoms with E-state index in [0.717, 1.165) is 35.1 Å². The van der Waals surface area contributed by atoms with Gasteiger partial charge in [-0.15, -0.1) is 0 Å². The van der Waals surface area contributed by atoms with Gasteiger partial charge in [0.2, 0.25) is 11.8 Å². The molecular formula is C36H44N2O6. The number of esters is 2. The van der Waals surface area contributed by atoms with E-state index in [9.17, 15) is 19.2 Å². The Morgan fingerprint density at radius 3 is 1.34 bits per heavy atom. The number of hydrogen-bond acceptors (Lipinski definition) is 6. The summed E-state index contributed by atoms with van der Waals surface area (Å²) in [5.41, 5.74) is 4.06. The zero-order chi connectivity index (χ0) is 32.2. The van der Waals surface area contributed by atoms with Gasteiger partial charge in [0, 0.05) is 25.7 Å². The number of benzene rings is 2. The summed E-state index contributed by atoms with van der Waals surface area (Å²) >= 11 is 0. The van der Waals surface area contributed by atoms with Crippen LogP contribution in [0.25, 0.3) is 0 Å². The van der Waals surface area contributed by atoms with Crippen LogP contribution in [-0.2, 0) is 41.9 Å². The average Bonchev–Trinajstić information content (AvgIpc) is 3.00. The molecular weight excluding hydrogens is 556 g/mol. The normalized spacial score (nSPS) is 11.5. The lowest BCUT2D eigenvalue weighted by Crippen LogP contribution is -2.39. The van der Waals surface area contributed by atoms with Gasteiger partial charge < -0.3 is 20.1 Å². The molecule has 2 unspecified atom stereocenters. The molecule has 2 aromatic carbocycles. The molecule has 0 saturated heterocycles. The van der Waals surface area contributed by atoms with Crippen molar-refractivity contribution in [2.24, 2.45) is 0 Å². The number of aryl methyl sites for hydroxylation is 2. The average molecular weight is 601 g/mol. The van der Waals surface area contributed by atoms with Crippen LogP contribution >= 0.6 is 0 Å². The second-order valence-corrected chi connectivity index (χ2v) is 10.8. The highest BCUT2D eigenvalue weighted by atomic mass is 16.5. The first-order valence-electron chi connectivity index (χ1n) is 15.1. The van der Waals surface area contributed by atoms with Crippen LogP contribution in [0.2, 0.25) is 0 Å². The number of amides is 2. The smallest absolute Gasteiger partial charge is 0.328 e. The third kappa shape index (κ3) is 15.6. The molecule has 2 rings (SSSR count). The largest absolute Gasteiger partial charge is 0.459 e. The summed E-state index contributed by atoms with van der Waals surface area (Å²) in [4.78, 5) is 48.5. The minimum atomic E-state index is -0.709. The Balaban J connectivity index is 1.47. The molecule has 2 aromatic rings. The Kier molecular flexibility index (Phi) is 16.5. The fraction of sp³-hybridized carbons (Fsp3) is 0.444. The second kappa shape index (κ2) is 20.4. The molecule has 0 spiro atoms. The summed E-state index contributed by atoms with van der Waals surface area (Å²) in [6, 6.07) is 14.0. The SMILES string of the molecule is Cc1ccc(COC(=O)C(C)NC(=O)CCCCC#CC#CCCCCC(=O)NC(C)C(=O)OCc2ccc(C)cc2)cc1. The first-order chi connectivity index (χ1) is 21.1. The van der Waals surface area contributed by atoms with Crippen LogP contribution in [0, 0.1) is 37.5 Å². The number of carbonyl (C=O) groups excluding carboxylic acids is 4. The van der Waals surface area contributed by atoms with Gasteiger partial charge in [-0.25, -0.2) is 9.59 Å². The second-order valence-electron chi connectivity index (χ2n) is 10.8. The van der Waals surface area contributed by atoms with Crippen molar-refractivity contribution in [3.8, 4) is 23.7 Å². The molecule has 2 atom stereocenters. The molecule has 8 nitrogen and oxygen atoms in total. The molecule has 0 aliphatic carbocycles. The van der Waals surface area contributed by atoms with Crippen molar-refractivity contribution < 1.29 is 28.7 Å². The number of nitrogens with one attached hydrogen (secondary N) is 2. The minimum Gasteiger partial charge on any atom is -0.459 e. The monoisotopic (exact) mass is 600 g/mol. The lowest BCUT2D eigenvalue weighted by Gasteiger charge is -2.13. The van der Waals surface area contributed by atoms with E-state index in [4.69, 9.17) is 9.47 Å². The van der Waals surface area contributed by atoms with E-state index in [1.165, 1.54) is 0 Å². The Labute approximate surface area is 261 Å². The lowest BCUT2D eigenvalue weighted by molar-refractivity contribution is -0.149. The molecule has 2 amide bonds. The highest BCUT2D eigenvalue weighted by Crippen LogP contribution is 2.07. The maximum absolute atomic E-state index is 12.1. The number of hydrogen-bond donors (Lipinski definition) is 2. The van der Waals surface area contributed by atoms with Gasteiger partial charge in [-0.3, -0.25) is 9.59 Å². The van der Waals surface area contributed by atoms with E-state index in [1.54, 1.807) is 13.8 Å². The Bertz CT molecular complexity index is 1240. The molecule has 0 aliphatic rings. The summed E-state index contributed by atoms with van der Waals surface area (Å²) in [5.74, 6) is 10.3. The molecule has 0 radical (unpaired) electrons. The molecule has 8 heteroatoms. The van der Waals surface area contributed by atoms with Gasteiger partial charge in [0.15, 0.2) is 0 Å². The Morgan fingerprint density at radius 1 is 0.614 bits per heavy atom. The number of rotatable bonds is 16. The standard InChI is InChI=1S/C36H44N2O6/c1-27-17-21-31(22-18-27)25-43-35(41)29(3)37-33(39)15-13-11-9-7-5-6-8-10-12-14-16-34(40)38-30(4)36(42)44-26-32-23-19-28(2)20-24-32/h17-24,29-30H,9-16,25-26H2,1-4H3,(H,37,39)(H,38,40). The predicted octanol–water partition coefficient (Wildman–Crippen LogP) is 5.23. The van der Waals surface area contributed by atoms with E-state index in [0.29, 0.717) is 38.5 Å². The zero-order valence-electron chi connectivity index (χ0n) is 26.3. The molecule has 0 bridgehead atoms. The van der Waals surface area contributed by atoms with Gasteiger partial charge in [0.1, 0.15) is 25.3 Å². The molecule has 0 saturated carbocycles. The number of ether oxygens (including phenoxy) is 2. The van der Waals surface area contributed by atoms with Crippen LogP contribution < -0.4 is 10.6 Å². The predicted molar refractivity (Wildman–Crippen MR) is 170 cm³/mol. The summed E-state index contributed by atoms with van der Waals surface area (Å²) in [7, 11) is 0. The van der Waals surface area contributed by atoms with Crippen LogP contribution in [0.15, 0.2) is 48.5 Å². The van der Waals surface area contributed by atoms with Crippen molar-refractivity contribution in [3.05, 3.63) is 70.8 Å². The van der Waals surface area contributed by atoms with Crippen LogP contribution in [0.5, 0.6) is 0 Å². The molecule has 0 aliphatic heterocycles. The van der Waals surface area contributed by atoms with Gasteiger partial charge in [-0.05, 0) is 76.3 Å². The fourth-order valence-electron chi connectivity index (χ4n) is 3.88. The first-order valence-corrected chi connectivity index (χ1v) is 15.1. The maximum Gasteiger partial charge on any atom is 0.328 e. The van der Waals surface area contributed by atoms with Crippen LogP contribution in [0.4, 0.5) is 0 Å². The first kappa shape index (κ1) is 35.6. The molecule has 0 heterocycles. The van der Waals surface area contributed by atoms with E-state index in [-0.39, 0.29) is 25.0 Å². The van der Waals surface area contributed by atoms with E-state index in [1.807, 2.05) is 62.4 Å². The van der Waals surface area contributed by atoms with Gasteiger partial charge in [-0.1, -0.05) is 71.5 Å². The third-order valence-corrected chi connectivity index (χ3v) is 6.62. The highest BCUT2D eigenvalue weighted by Gasteiger charge is 2.18. The van der Waals surface area contributed by atoms with E-state index >= 15 is 0 Å². The van der Waals surface area contributed by atoms with Gasteiger partial charge >= 0.3 is 11.9 Å². The van der Waals surface area contributed by atoms with Crippen LogP contribution in [0.3, 0.4) is 0 Å². The van der Waals surface area contributed by atoms with E-state index in [2.05, 4.69) is 34.3 Å². The van der Waals surface area contributed by atoms with Crippen LogP contribution in [0.1, 0.15) is 87.5 Å². The Hall–Kier alpha value is -4.56. The molecule has 234 valence electrons. The number of carbonyl (C=O) groups is 4. The van der Waals surface area contributed by atoms with Crippen molar-refractivity contribution >= 4 is 23.8 Å². The molecule has 0 aromatic heterocycles. The molecule has 2 N–H and O–H groups in total. The molecule has 44 heavy (non-hydrogen) atoms. The van der Waals surface area contributed by atoms with Gasteiger partial charge in [0.25, 0.3) is 0 Å². The van der Waals surface area contributed by atoms with Crippen molar-refractivity contribution in [1.82, 2.24) is 10.6 Å². The van der Waals surface area contributed by atoms with Crippen molar-refractivity contribution in [2.75, 3.05) is 0 Å². The maximum atomic E-state index is 12.1. The highest BCUT2D eigenvalue weighted by molar-refractivity contribution is 5.84. The lowest BCUT2D eigenvalue weighted by atomic mass is 10.1. The van der Waals surface area contributed by atoms with Gasteiger partial charge in [-0.2, -0.15) is 0 Å². The van der Waals surface area contributed by atoms with Gasteiger partial charge in [0.05, 0.1) is 0 Å². The van der Waals surface area contributed by atoms with Crippen molar-refractivity contribution in [1.29, 1.82) is 0 Å². The summed E-state index contributed by atoms with van der Waals surface area (Å²) in [6.45, 7) is 7.55.